The number of rotatable bonds is 7. The van der Waals surface area contributed by atoms with Gasteiger partial charge in [0, 0.05) is 11.9 Å². The monoisotopic (exact) mass is 447 g/mol. The SMILES string of the molecule is Cn1c(SCC(=O)NCCOc2ccc(F)cc2)nc2sc3c(c2c1=O)CCCC3. The van der Waals surface area contributed by atoms with E-state index in [9.17, 15) is 14.0 Å². The van der Waals surface area contributed by atoms with E-state index < -0.39 is 0 Å². The van der Waals surface area contributed by atoms with Gasteiger partial charge in [-0.1, -0.05) is 11.8 Å². The number of thiophene rings is 1. The molecule has 2 heterocycles. The van der Waals surface area contributed by atoms with Crippen molar-refractivity contribution in [3.63, 3.8) is 0 Å². The van der Waals surface area contributed by atoms with Crippen molar-refractivity contribution in [2.75, 3.05) is 18.9 Å². The van der Waals surface area contributed by atoms with Crippen LogP contribution in [0.1, 0.15) is 23.3 Å². The van der Waals surface area contributed by atoms with Crippen LogP contribution in [0.4, 0.5) is 4.39 Å². The van der Waals surface area contributed by atoms with Crippen molar-refractivity contribution in [2.24, 2.45) is 7.05 Å². The van der Waals surface area contributed by atoms with Crippen LogP contribution in [0.15, 0.2) is 34.2 Å². The Morgan fingerprint density at radius 2 is 2.07 bits per heavy atom. The van der Waals surface area contributed by atoms with Gasteiger partial charge in [-0.25, -0.2) is 9.37 Å². The van der Waals surface area contributed by atoms with E-state index in [1.54, 1.807) is 23.0 Å². The van der Waals surface area contributed by atoms with Crippen molar-refractivity contribution >= 4 is 39.2 Å². The molecule has 0 saturated carbocycles. The molecule has 0 fully saturated rings. The predicted molar refractivity (Wildman–Crippen MR) is 117 cm³/mol. The van der Waals surface area contributed by atoms with Crippen molar-refractivity contribution < 1.29 is 13.9 Å². The predicted octanol–water partition coefficient (Wildman–Crippen LogP) is 3.30. The number of carbonyl (C=O) groups excluding carboxylic acids is 1. The minimum Gasteiger partial charge on any atom is -0.492 e. The second-order valence-electron chi connectivity index (χ2n) is 7.09. The number of hydrogen-bond donors (Lipinski definition) is 1. The lowest BCUT2D eigenvalue weighted by molar-refractivity contribution is -0.118. The second-order valence-corrected chi connectivity index (χ2v) is 9.12. The molecule has 1 aliphatic rings. The molecule has 2 aromatic heterocycles. The zero-order valence-corrected chi connectivity index (χ0v) is 18.2. The maximum absolute atomic E-state index is 12.9. The number of ether oxygens (including phenoxy) is 1. The third kappa shape index (κ3) is 4.52. The van der Waals surface area contributed by atoms with E-state index in [0.29, 0.717) is 17.5 Å². The number of carbonyl (C=O) groups is 1. The van der Waals surface area contributed by atoms with Gasteiger partial charge in [-0.2, -0.15) is 0 Å². The summed E-state index contributed by atoms with van der Waals surface area (Å²) in [5.41, 5.74) is 1.14. The Labute approximate surface area is 181 Å². The van der Waals surface area contributed by atoms with Gasteiger partial charge in [0.05, 0.1) is 17.7 Å². The van der Waals surface area contributed by atoms with Crippen LogP contribution in [-0.4, -0.2) is 34.4 Å². The van der Waals surface area contributed by atoms with E-state index in [0.717, 1.165) is 35.9 Å². The zero-order chi connectivity index (χ0) is 21.1. The van der Waals surface area contributed by atoms with Gasteiger partial charge < -0.3 is 10.1 Å². The lowest BCUT2D eigenvalue weighted by Gasteiger charge is -2.11. The van der Waals surface area contributed by atoms with Crippen molar-refractivity contribution in [3.05, 3.63) is 50.9 Å². The molecule has 1 N–H and O–H groups in total. The first-order valence-electron chi connectivity index (χ1n) is 9.82. The highest BCUT2D eigenvalue weighted by molar-refractivity contribution is 7.99. The molecule has 1 aromatic carbocycles. The van der Waals surface area contributed by atoms with Crippen molar-refractivity contribution in [1.82, 2.24) is 14.9 Å². The smallest absolute Gasteiger partial charge is 0.262 e. The van der Waals surface area contributed by atoms with Crippen LogP contribution >= 0.6 is 23.1 Å². The van der Waals surface area contributed by atoms with E-state index in [1.807, 2.05) is 0 Å². The first kappa shape index (κ1) is 20.9. The van der Waals surface area contributed by atoms with Crippen LogP contribution in [0.2, 0.25) is 0 Å². The molecular formula is C21H22FN3O3S2. The fourth-order valence-electron chi connectivity index (χ4n) is 3.47. The summed E-state index contributed by atoms with van der Waals surface area (Å²) in [6.45, 7) is 0.616. The van der Waals surface area contributed by atoms with E-state index >= 15 is 0 Å². The van der Waals surface area contributed by atoms with Crippen molar-refractivity contribution in [3.8, 4) is 5.75 Å². The van der Waals surface area contributed by atoms with Gasteiger partial charge >= 0.3 is 0 Å². The number of nitrogens with zero attached hydrogens (tertiary/aromatic N) is 2. The summed E-state index contributed by atoms with van der Waals surface area (Å²) in [6.07, 6.45) is 4.24. The molecule has 30 heavy (non-hydrogen) atoms. The van der Waals surface area contributed by atoms with Gasteiger partial charge in [0.15, 0.2) is 5.16 Å². The van der Waals surface area contributed by atoms with Crippen LogP contribution < -0.4 is 15.6 Å². The Kier molecular flexibility index (Phi) is 6.38. The summed E-state index contributed by atoms with van der Waals surface area (Å²) >= 11 is 2.86. The average molecular weight is 448 g/mol. The topological polar surface area (TPSA) is 73.2 Å². The molecule has 0 bridgehead atoms. The Morgan fingerprint density at radius 3 is 2.87 bits per heavy atom. The molecular weight excluding hydrogens is 425 g/mol. The quantitative estimate of drug-likeness (QED) is 0.342. The van der Waals surface area contributed by atoms with Crippen LogP contribution in [0.25, 0.3) is 10.2 Å². The summed E-state index contributed by atoms with van der Waals surface area (Å²) in [6, 6.07) is 5.72. The molecule has 0 atom stereocenters. The summed E-state index contributed by atoms with van der Waals surface area (Å²) in [4.78, 5) is 31.7. The van der Waals surface area contributed by atoms with Gasteiger partial charge in [0.25, 0.3) is 5.56 Å². The maximum atomic E-state index is 12.9. The number of hydrogen-bond acceptors (Lipinski definition) is 6. The van der Waals surface area contributed by atoms with Crippen LogP contribution in [0.5, 0.6) is 5.75 Å². The van der Waals surface area contributed by atoms with E-state index in [4.69, 9.17) is 4.74 Å². The highest BCUT2D eigenvalue weighted by atomic mass is 32.2. The van der Waals surface area contributed by atoms with Crippen LogP contribution in [-0.2, 0) is 24.7 Å². The van der Waals surface area contributed by atoms with E-state index in [2.05, 4.69) is 10.3 Å². The third-order valence-electron chi connectivity index (χ3n) is 4.99. The molecule has 4 rings (SSSR count). The fourth-order valence-corrected chi connectivity index (χ4v) is 5.57. The van der Waals surface area contributed by atoms with E-state index in [1.165, 1.54) is 46.5 Å². The van der Waals surface area contributed by atoms with Crippen LogP contribution in [0, 0.1) is 5.82 Å². The summed E-state index contributed by atoms with van der Waals surface area (Å²) < 4.78 is 19.9. The van der Waals surface area contributed by atoms with Gasteiger partial charge in [-0.05, 0) is 55.5 Å². The lowest BCUT2D eigenvalue weighted by Crippen LogP contribution is -2.30. The van der Waals surface area contributed by atoms with Gasteiger partial charge in [-0.15, -0.1) is 11.3 Å². The summed E-state index contributed by atoms with van der Waals surface area (Å²) in [5.74, 6) is 0.221. The van der Waals surface area contributed by atoms with Gasteiger partial charge in [-0.3, -0.25) is 14.2 Å². The van der Waals surface area contributed by atoms with Crippen molar-refractivity contribution in [1.29, 1.82) is 0 Å². The summed E-state index contributed by atoms with van der Waals surface area (Å²) in [7, 11) is 1.71. The number of benzene rings is 1. The highest BCUT2D eigenvalue weighted by Gasteiger charge is 2.21. The Hall–Kier alpha value is -2.39. The molecule has 1 amide bonds. The standard InChI is InChI=1S/C21H22FN3O3S2/c1-25-20(27)18-15-4-2-3-5-16(15)30-19(18)24-21(25)29-12-17(26)23-10-11-28-14-8-6-13(22)7-9-14/h6-9H,2-5,10-12H2,1H3,(H,23,26). The number of aromatic nitrogens is 2. The number of amides is 1. The molecule has 0 radical (unpaired) electrons. The lowest BCUT2D eigenvalue weighted by atomic mass is 9.97. The molecule has 158 valence electrons. The molecule has 9 heteroatoms. The number of thioether (sulfide) groups is 1. The molecule has 6 nitrogen and oxygen atoms in total. The minimum absolute atomic E-state index is 0.0324. The molecule has 0 unspecified atom stereocenters. The third-order valence-corrected chi connectivity index (χ3v) is 7.21. The largest absolute Gasteiger partial charge is 0.492 e. The number of halogens is 1. The van der Waals surface area contributed by atoms with Gasteiger partial charge in [0.1, 0.15) is 23.0 Å². The van der Waals surface area contributed by atoms with E-state index in [-0.39, 0.29) is 29.6 Å². The van der Waals surface area contributed by atoms with Crippen LogP contribution in [0.3, 0.4) is 0 Å². The van der Waals surface area contributed by atoms with Gasteiger partial charge in [0.2, 0.25) is 5.91 Å². The Morgan fingerprint density at radius 1 is 1.30 bits per heavy atom. The Balaban J connectivity index is 1.33. The zero-order valence-electron chi connectivity index (χ0n) is 16.6. The second kappa shape index (κ2) is 9.18. The minimum atomic E-state index is -0.323. The van der Waals surface area contributed by atoms with Crippen molar-refractivity contribution in [2.45, 2.75) is 30.8 Å². The maximum Gasteiger partial charge on any atom is 0.262 e. The summed E-state index contributed by atoms with van der Waals surface area (Å²) in [5, 5.41) is 4.07. The number of fused-ring (bicyclic) bond motifs is 3. The molecule has 0 aliphatic heterocycles. The highest BCUT2D eigenvalue weighted by Crippen LogP contribution is 2.34. The first-order valence-corrected chi connectivity index (χ1v) is 11.6. The normalized spacial score (nSPS) is 13.3. The number of nitrogens with one attached hydrogen (secondary N) is 1. The fraction of sp³-hybridized carbons (Fsp3) is 0.381. The average Bonchev–Trinajstić information content (AvgIpc) is 3.12. The molecule has 0 spiro atoms. The number of aryl methyl sites for hydroxylation is 2. The molecule has 3 aromatic rings. The Bertz CT molecular complexity index is 1130. The molecule has 0 saturated heterocycles. The first-order chi connectivity index (χ1) is 14.5. The molecule has 1 aliphatic carbocycles.